The van der Waals surface area contributed by atoms with Crippen LogP contribution in [-0.4, -0.2) is 0 Å². The molecule has 3 aliphatic carbocycles. The van der Waals surface area contributed by atoms with Crippen LogP contribution in [0.4, 0.5) is 0 Å². The fraction of sp³-hybridized carbons (Fsp3) is 0.478. The molecule has 0 spiro atoms. The van der Waals surface area contributed by atoms with E-state index in [9.17, 15) is 0 Å². The molecule has 0 aromatic carbocycles. The molecule has 0 saturated heterocycles. The van der Waals surface area contributed by atoms with Gasteiger partial charge in [0, 0.05) is 11.8 Å². The monoisotopic (exact) mass is 467 g/mol. The van der Waals surface area contributed by atoms with E-state index in [-0.39, 0.29) is 0 Å². The normalized spacial score (nSPS) is 24.2. The first-order chi connectivity index (χ1) is 12.2. The van der Waals surface area contributed by atoms with Gasteiger partial charge in [-0.1, -0.05) is 25.0 Å². The van der Waals surface area contributed by atoms with Crippen molar-refractivity contribution in [1.29, 1.82) is 0 Å². The summed E-state index contributed by atoms with van der Waals surface area (Å²) in [5, 5.41) is 0. The SMILES string of the molecule is CC1=C(C)C(C)C(C2=C(C)C(C)=C(C)C2C)=C1C.[C-]1=CC=CC1.[Cl][Zr][Cl]. The van der Waals surface area contributed by atoms with Crippen LogP contribution in [0.5, 0.6) is 0 Å². The number of allylic oxidation sites excluding steroid dienone is 12. The van der Waals surface area contributed by atoms with Crippen molar-refractivity contribution in [1.82, 2.24) is 0 Å². The molecule has 0 saturated carbocycles. The summed E-state index contributed by atoms with van der Waals surface area (Å²) < 4.78 is 0. The van der Waals surface area contributed by atoms with Crippen LogP contribution in [0.3, 0.4) is 0 Å². The first-order valence-corrected chi connectivity index (χ1v) is 15.5. The van der Waals surface area contributed by atoms with Crippen molar-refractivity contribution in [3.05, 3.63) is 68.9 Å². The van der Waals surface area contributed by atoms with Gasteiger partial charge in [0.2, 0.25) is 0 Å². The molecule has 0 nitrogen and oxygen atoms in total. The van der Waals surface area contributed by atoms with Gasteiger partial charge in [-0.25, -0.2) is 12.2 Å². The first kappa shape index (κ1) is 23.9. The molecule has 26 heavy (non-hydrogen) atoms. The van der Waals surface area contributed by atoms with Gasteiger partial charge in [-0.2, -0.15) is 6.08 Å². The summed E-state index contributed by atoms with van der Waals surface area (Å²) in [6.45, 7) is 18.5. The molecule has 3 rings (SSSR count). The van der Waals surface area contributed by atoms with Crippen LogP contribution < -0.4 is 0 Å². The predicted octanol–water partition coefficient (Wildman–Crippen LogP) is 8.27. The minimum absolute atomic E-state index is 0.594. The summed E-state index contributed by atoms with van der Waals surface area (Å²) in [4.78, 5) is 0. The Morgan fingerprint density at radius 2 is 1.19 bits per heavy atom. The fourth-order valence-corrected chi connectivity index (χ4v) is 3.94. The number of rotatable bonds is 1. The second kappa shape index (κ2) is 11.0. The zero-order valence-corrected chi connectivity index (χ0v) is 21.3. The third-order valence-corrected chi connectivity index (χ3v) is 6.16. The molecule has 0 radical (unpaired) electrons. The maximum atomic E-state index is 4.93. The Hall–Kier alpha value is -0.0969. The van der Waals surface area contributed by atoms with E-state index >= 15 is 0 Å². The number of hydrogen-bond acceptors (Lipinski definition) is 0. The quantitative estimate of drug-likeness (QED) is 0.339. The maximum absolute atomic E-state index is 4.93. The first-order valence-electron chi connectivity index (χ1n) is 9.15. The molecule has 2 atom stereocenters. The molecule has 2 unspecified atom stereocenters. The average molecular weight is 470 g/mol. The molecule has 0 N–H and O–H groups in total. The predicted molar refractivity (Wildman–Crippen MR) is 114 cm³/mol. The van der Waals surface area contributed by atoms with Crippen LogP contribution >= 0.6 is 17.0 Å². The van der Waals surface area contributed by atoms with Crippen molar-refractivity contribution in [2.75, 3.05) is 0 Å². The molecule has 3 heteroatoms. The molecule has 0 aliphatic heterocycles. The topological polar surface area (TPSA) is 0 Å². The van der Waals surface area contributed by atoms with Crippen molar-refractivity contribution >= 4 is 17.0 Å². The summed E-state index contributed by atoms with van der Waals surface area (Å²) in [5.41, 5.74) is 12.4. The van der Waals surface area contributed by atoms with Crippen LogP contribution in [0.25, 0.3) is 0 Å². The van der Waals surface area contributed by atoms with E-state index in [0.717, 1.165) is 6.42 Å². The van der Waals surface area contributed by atoms with Gasteiger partial charge in [-0.15, -0.1) is 6.42 Å². The van der Waals surface area contributed by atoms with Crippen LogP contribution in [0.1, 0.15) is 61.8 Å². The molecular formula is C23H31Cl2Zr-. The van der Waals surface area contributed by atoms with Gasteiger partial charge < -0.3 is 0 Å². The van der Waals surface area contributed by atoms with Gasteiger partial charge in [-0.05, 0) is 75.0 Å². The average Bonchev–Trinajstić information content (AvgIpc) is 3.30. The second-order valence-corrected chi connectivity index (χ2v) is 10.9. The summed E-state index contributed by atoms with van der Waals surface area (Å²) in [5.74, 6) is 1.19. The molecule has 0 fully saturated rings. The summed E-state index contributed by atoms with van der Waals surface area (Å²) in [6, 6.07) is 0. The van der Waals surface area contributed by atoms with E-state index in [0.29, 0.717) is 11.8 Å². The molecular weight excluding hydrogens is 438 g/mol. The standard InChI is InChI=1S/C18H26.C5H5.2ClH.Zr/c1-9-10(2)14(6)17(13(9)5)18-15(7)11(3)12(4)16(18)8;1-2-4-5-3-1;;;/h13,15H,1-8H3;1-3H,4H2;2*1H;/q;-1;;;+2/p-2. The van der Waals surface area contributed by atoms with Gasteiger partial charge in [0.15, 0.2) is 0 Å². The third-order valence-electron chi connectivity index (χ3n) is 6.16. The van der Waals surface area contributed by atoms with Gasteiger partial charge >= 0.3 is 37.9 Å². The molecule has 0 aromatic rings. The van der Waals surface area contributed by atoms with E-state index < -0.39 is 20.8 Å². The molecule has 0 amide bonds. The third kappa shape index (κ3) is 5.24. The second-order valence-electron chi connectivity index (χ2n) is 7.21. The Bertz CT molecular complexity index is 654. The van der Waals surface area contributed by atoms with E-state index in [1.54, 1.807) is 22.3 Å². The summed E-state index contributed by atoms with van der Waals surface area (Å²) >= 11 is -0.826. The number of halogens is 2. The van der Waals surface area contributed by atoms with Crippen molar-refractivity contribution < 1.29 is 20.8 Å². The Balaban J connectivity index is 0.000000351. The van der Waals surface area contributed by atoms with Crippen molar-refractivity contribution in [3.63, 3.8) is 0 Å². The van der Waals surface area contributed by atoms with Crippen molar-refractivity contribution in [2.24, 2.45) is 11.8 Å². The van der Waals surface area contributed by atoms with Gasteiger partial charge in [0.25, 0.3) is 0 Å². The van der Waals surface area contributed by atoms with Crippen molar-refractivity contribution in [2.45, 2.75) is 61.8 Å². The Morgan fingerprint density at radius 3 is 1.35 bits per heavy atom. The molecule has 0 heterocycles. The van der Waals surface area contributed by atoms with Crippen LogP contribution in [0.2, 0.25) is 0 Å². The minimum atomic E-state index is -0.826. The fourth-order valence-electron chi connectivity index (χ4n) is 3.94. The van der Waals surface area contributed by atoms with Gasteiger partial charge in [0.05, 0.1) is 0 Å². The Kier molecular flexibility index (Phi) is 10.2. The van der Waals surface area contributed by atoms with E-state index in [4.69, 9.17) is 17.0 Å². The molecule has 142 valence electrons. The van der Waals surface area contributed by atoms with E-state index in [1.165, 1.54) is 22.3 Å². The van der Waals surface area contributed by atoms with Gasteiger partial charge in [0.1, 0.15) is 0 Å². The zero-order valence-electron chi connectivity index (χ0n) is 17.3. The molecule has 0 aromatic heterocycles. The Labute approximate surface area is 179 Å². The van der Waals surface area contributed by atoms with Crippen LogP contribution in [0, 0.1) is 17.9 Å². The van der Waals surface area contributed by atoms with E-state index in [2.05, 4.69) is 67.5 Å². The van der Waals surface area contributed by atoms with Crippen LogP contribution in [-0.2, 0) is 20.8 Å². The van der Waals surface area contributed by atoms with E-state index in [1.807, 2.05) is 12.2 Å². The Morgan fingerprint density at radius 1 is 0.808 bits per heavy atom. The van der Waals surface area contributed by atoms with Crippen molar-refractivity contribution in [3.8, 4) is 0 Å². The van der Waals surface area contributed by atoms with Crippen LogP contribution in [0.15, 0.2) is 62.8 Å². The summed E-state index contributed by atoms with van der Waals surface area (Å²) in [6.07, 6.45) is 10.0. The number of hydrogen-bond donors (Lipinski definition) is 0. The van der Waals surface area contributed by atoms with Gasteiger partial charge in [-0.3, -0.25) is 6.08 Å². The summed E-state index contributed by atoms with van der Waals surface area (Å²) in [7, 11) is 9.87. The molecule has 3 aliphatic rings. The molecule has 0 bridgehead atoms. The zero-order chi connectivity index (χ0) is 20.0.